The van der Waals surface area contributed by atoms with Crippen LogP contribution < -0.4 is 0 Å². The molecule has 0 aliphatic carbocycles. The van der Waals surface area contributed by atoms with Crippen molar-refractivity contribution in [3.63, 3.8) is 0 Å². The highest BCUT2D eigenvalue weighted by molar-refractivity contribution is 5.87. The van der Waals surface area contributed by atoms with Crippen molar-refractivity contribution >= 4 is 5.78 Å². The van der Waals surface area contributed by atoms with E-state index in [1.54, 1.807) is 0 Å². The van der Waals surface area contributed by atoms with Crippen molar-refractivity contribution in [2.75, 3.05) is 0 Å². The van der Waals surface area contributed by atoms with Gasteiger partial charge < -0.3 is 0 Å². The smallest absolute Gasteiger partial charge is 0.296 e. The van der Waals surface area contributed by atoms with Crippen LogP contribution in [0, 0.1) is 0 Å². The summed E-state index contributed by atoms with van der Waals surface area (Å²) in [5.41, 5.74) is -3.69. The van der Waals surface area contributed by atoms with Gasteiger partial charge in [-0.05, 0) is 13.3 Å². The lowest BCUT2D eigenvalue weighted by molar-refractivity contribution is -0.220. The van der Waals surface area contributed by atoms with Crippen LogP contribution in [0.25, 0.3) is 0 Å². The molecule has 0 bridgehead atoms. The monoisotopic (exact) mass is 186 g/mol. The second-order valence-corrected chi connectivity index (χ2v) is 2.67. The molecule has 0 aromatic carbocycles. The summed E-state index contributed by atoms with van der Waals surface area (Å²) in [5, 5.41) is 0. The quantitative estimate of drug-likeness (QED) is 0.619. The van der Waals surface area contributed by atoms with Crippen LogP contribution in [0.3, 0.4) is 0 Å². The van der Waals surface area contributed by atoms with E-state index >= 15 is 0 Å². The van der Waals surface area contributed by atoms with Crippen molar-refractivity contribution in [3.8, 4) is 0 Å². The molecular weight excluding hydrogens is 176 g/mol. The first-order valence-corrected chi connectivity index (χ1v) is 3.52. The lowest BCUT2D eigenvalue weighted by atomic mass is 9.99. The molecule has 0 aromatic heterocycles. The van der Waals surface area contributed by atoms with Gasteiger partial charge in [-0.1, -0.05) is 6.92 Å². The summed E-state index contributed by atoms with van der Waals surface area (Å²) >= 11 is 0. The largest absolute Gasteiger partial charge is 0.429 e. The summed E-state index contributed by atoms with van der Waals surface area (Å²) in [7, 11) is 0. The first-order chi connectivity index (χ1) is 5.23. The van der Waals surface area contributed by atoms with Gasteiger partial charge in [-0.15, -0.1) is 0 Å². The highest BCUT2D eigenvalue weighted by Gasteiger charge is 2.56. The fraction of sp³-hybridized carbons (Fsp3) is 0.857. The van der Waals surface area contributed by atoms with Crippen LogP contribution in [0.5, 0.6) is 0 Å². The Kier molecular flexibility index (Phi) is 3.24. The fourth-order valence-corrected chi connectivity index (χ4v) is 0.620. The molecule has 0 spiro atoms. The van der Waals surface area contributed by atoms with Gasteiger partial charge in [0.1, 0.15) is 0 Å². The molecule has 0 aliphatic rings. The molecule has 1 nitrogen and oxygen atoms in total. The van der Waals surface area contributed by atoms with Crippen LogP contribution in [0.4, 0.5) is 17.6 Å². The average Bonchev–Trinajstić information content (AvgIpc) is 1.85. The van der Waals surface area contributed by atoms with E-state index in [1.807, 2.05) is 0 Å². The maximum Gasteiger partial charge on any atom is 0.429 e. The van der Waals surface area contributed by atoms with Gasteiger partial charge in [0, 0.05) is 6.42 Å². The maximum atomic E-state index is 12.7. The number of hydrogen-bond donors (Lipinski definition) is 0. The Morgan fingerprint density at radius 3 is 1.92 bits per heavy atom. The standard InChI is InChI=1S/C7H10F4O/c1-3-4-5(12)6(2,8)7(9,10)11/h3-4H2,1-2H3. The van der Waals surface area contributed by atoms with Crippen LogP contribution >= 0.6 is 0 Å². The number of ketones is 1. The highest BCUT2D eigenvalue weighted by atomic mass is 19.4. The Labute approximate surface area is 67.8 Å². The predicted molar refractivity (Wildman–Crippen MR) is 35.5 cm³/mol. The van der Waals surface area contributed by atoms with Gasteiger partial charge in [-0.2, -0.15) is 13.2 Å². The molecule has 1 atom stereocenters. The molecule has 0 aliphatic heterocycles. The SMILES string of the molecule is CCCC(=O)C(C)(F)C(F)(F)F. The number of carbonyl (C=O) groups is 1. The maximum absolute atomic E-state index is 12.7. The Bertz CT molecular complexity index is 171. The van der Waals surface area contributed by atoms with Crippen molar-refractivity contribution < 1.29 is 22.4 Å². The number of hydrogen-bond acceptors (Lipinski definition) is 1. The highest BCUT2D eigenvalue weighted by Crippen LogP contribution is 2.35. The van der Waals surface area contributed by atoms with Gasteiger partial charge in [0.25, 0.3) is 5.67 Å². The summed E-state index contributed by atoms with van der Waals surface area (Å²) in [6.45, 7) is 1.77. The minimum Gasteiger partial charge on any atom is -0.296 e. The van der Waals surface area contributed by atoms with Crippen LogP contribution in [0.15, 0.2) is 0 Å². The average molecular weight is 186 g/mol. The molecule has 0 rings (SSSR count). The minimum atomic E-state index is -5.10. The van der Waals surface area contributed by atoms with Crippen molar-refractivity contribution in [1.29, 1.82) is 0 Å². The first-order valence-electron chi connectivity index (χ1n) is 3.52. The van der Waals surface area contributed by atoms with E-state index in [-0.39, 0.29) is 19.8 Å². The van der Waals surface area contributed by atoms with Crippen LogP contribution in [0.1, 0.15) is 26.7 Å². The van der Waals surface area contributed by atoms with Gasteiger partial charge in [0.2, 0.25) is 0 Å². The molecule has 5 heteroatoms. The molecule has 0 saturated heterocycles. The van der Waals surface area contributed by atoms with Gasteiger partial charge in [0.15, 0.2) is 5.78 Å². The number of halogens is 4. The van der Waals surface area contributed by atoms with Gasteiger partial charge in [-0.25, -0.2) is 4.39 Å². The zero-order valence-electron chi connectivity index (χ0n) is 6.83. The molecule has 0 fully saturated rings. The van der Waals surface area contributed by atoms with Gasteiger partial charge in [0.05, 0.1) is 0 Å². The third kappa shape index (κ3) is 2.19. The molecule has 1 unspecified atom stereocenters. The Morgan fingerprint density at radius 2 is 1.67 bits per heavy atom. The molecule has 0 aromatic rings. The van der Waals surface area contributed by atoms with E-state index in [1.165, 1.54) is 6.92 Å². The van der Waals surface area contributed by atoms with E-state index in [0.29, 0.717) is 0 Å². The van der Waals surface area contributed by atoms with Crippen molar-refractivity contribution in [1.82, 2.24) is 0 Å². The molecule has 72 valence electrons. The second kappa shape index (κ2) is 3.41. The summed E-state index contributed by atoms with van der Waals surface area (Å²) in [6, 6.07) is 0. The first kappa shape index (κ1) is 11.4. The lowest BCUT2D eigenvalue weighted by Crippen LogP contribution is -2.45. The van der Waals surface area contributed by atoms with Crippen LogP contribution in [-0.4, -0.2) is 17.6 Å². The molecule has 0 saturated carbocycles. The van der Waals surface area contributed by atoms with Crippen molar-refractivity contribution in [2.45, 2.75) is 38.5 Å². The molecule has 0 radical (unpaired) electrons. The third-order valence-electron chi connectivity index (χ3n) is 1.53. The summed E-state index contributed by atoms with van der Waals surface area (Å²) in [5.74, 6) is -1.41. The van der Waals surface area contributed by atoms with E-state index < -0.39 is 17.6 Å². The van der Waals surface area contributed by atoms with Gasteiger partial charge in [-0.3, -0.25) is 4.79 Å². The molecule has 0 heterocycles. The van der Waals surface area contributed by atoms with Crippen molar-refractivity contribution in [3.05, 3.63) is 0 Å². The van der Waals surface area contributed by atoms with Crippen LogP contribution in [0.2, 0.25) is 0 Å². The van der Waals surface area contributed by atoms with E-state index in [2.05, 4.69) is 0 Å². The number of carbonyl (C=O) groups excluding carboxylic acids is 1. The molecule has 0 N–H and O–H groups in total. The lowest BCUT2D eigenvalue weighted by Gasteiger charge is -2.21. The number of alkyl halides is 4. The third-order valence-corrected chi connectivity index (χ3v) is 1.53. The topological polar surface area (TPSA) is 17.1 Å². The van der Waals surface area contributed by atoms with E-state index in [9.17, 15) is 22.4 Å². The minimum absolute atomic E-state index is 0.217. The molecule has 12 heavy (non-hydrogen) atoms. The summed E-state index contributed by atoms with van der Waals surface area (Å²) in [6.07, 6.45) is -5.26. The zero-order chi connectivity index (χ0) is 9.99. The van der Waals surface area contributed by atoms with E-state index in [0.717, 1.165) is 0 Å². The molecule has 0 amide bonds. The number of rotatable bonds is 3. The Morgan fingerprint density at radius 1 is 1.25 bits per heavy atom. The second-order valence-electron chi connectivity index (χ2n) is 2.67. The zero-order valence-corrected chi connectivity index (χ0v) is 6.83. The normalized spacial score (nSPS) is 17.2. The van der Waals surface area contributed by atoms with Gasteiger partial charge >= 0.3 is 6.18 Å². The summed E-state index contributed by atoms with van der Waals surface area (Å²) in [4.78, 5) is 10.6. The Balaban J connectivity index is 4.50. The van der Waals surface area contributed by atoms with Crippen molar-refractivity contribution in [2.24, 2.45) is 0 Å². The number of Topliss-reactive ketones (excluding diaryl/α,β-unsaturated/α-hetero) is 1. The van der Waals surface area contributed by atoms with E-state index in [4.69, 9.17) is 0 Å². The fourth-order valence-electron chi connectivity index (χ4n) is 0.620. The van der Waals surface area contributed by atoms with Crippen LogP contribution in [-0.2, 0) is 4.79 Å². The molecular formula is C7H10F4O. The summed E-state index contributed by atoms with van der Waals surface area (Å²) < 4.78 is 48.1. The predicted octanol–water partition coefficient (Wildman–Crippen LogP) is 2.65. The Hall–Kier alpha value is -0.610.